The molecule has 0 aliphatic rings. The number of rotatable bonds is 34. The maximum Gasteiger partial charge on any atom is 0.407 e. The van der Waals surface area contributed by atoms with E-state index in [4.69, 9.17) is 48.6 Å². The van der Waals surface area contributed by atoms with Crippen molar-refractivity contribution in [1.82, 2.24) is 30.2 Å². The molecule has 6 N–H and O–H groups in total. The van der Waals surface area contributed by atoms with Gasteiger partial charge in [0.25, 0.3) is 0 Å². The summed E-state index contributed by atoms with van der Waals surface area (Å²) in [6.07, 6.45) is 12.4. The topological polar surface area (TPSA) is 241 Å². The first-order chi connectivity index (χ1) is 30.6. The number of nitrogens with one attached hydrogen (secondary N) is 2. The Kier molecular flexibility index (Phi) is 44.9. The van der Waals surface area contributed by atoms with E-state index >= 15 is 0 Å². The number of alkyl carbamates (subject to hydrolysis) is 2. The summed E-state index contributed by atoms with van der Waals surface area (Å²) in [4.78, 5) is 35.9. The van der Waals surface area contributed by atoms with Crippen LogP contribution in [-0.2, 0) is 9.47 Å². The van der Waals surface area contributed by atoms with Gasteiger partial charge in [0.05, 0.1) is 30.8 Å². The van der Waals surface area contributed by atoms with E-state index < -0.39 is 11.2 Å². The molecule has 0 aliphatic heterocycles. The summed E-state index contributed by atoms with van der Waals surface area (Å²) in [7, 11) is 0. The molecule has 0 rings (SSSR count). The summed E-state index contributed by atoms with van der Waals surface area (Å²) < 4.78 is 10.4. The molecule has 0 saturated carbocycles. The number of amides is 2. The molecule has 0 aliphatic carbocycles. The summed E-state index contributed by atoms with van der Waals surface area (Å²) in [5.41, 5.74) is 10.2. The van der Waals surface area contributed by atoms with Crippen molar-refractivity contribution in [1.29, 1.82) is 21.0 Å². The number of carbonyl (C=O) groups is 2. The Bertz CT molecular complexity index is 1280. The molecule has 0 aromatic heterocycles. The molecular weight excluding hydrogens is 811 g/mol. The highest BCUT2D eigenvalue weighted by Crippen LogP contribution is 2.09. The Hall–Kier alpha value is -4.51. The summed E-state index contributed by atoms with van der Waals surface area (Å²) in [5, 5.41) is 40.0. The summed E-state index contributed by atoms with van der Waals surface area (Å²) in [6.45, 7) is 34.6. The highest BCUT2D eigenvalue weighted by molar-refractivity contribution is 5.67. The van der Waals surface area contributed by atoms with E-state index in [-0.39, 0.29) is 12.2 Å². The lowest BCUT2D eigenvalue weighted by molar-refractivity contribution is 0.0515. The van der Waals surface area contributed by atoms with Crippen LogP contribution in [0.5, 0.6) is 0 Å². The van der Waals surface area contributed by atoms with Crippen molar-refractivity contribution in [3.05, 3.63) is 24.1 Å². The molecule has 17 heteroatoms. The minimum absolute atomic E-state index is 0.327. The van der Waals surface area contributed by atoms with Crippen LogP contribution < -0.4 is 22.1 Å². The van der Waals surface area contributed by atoms with Crippen LogP contribution in [0.1, 0.15) is 125 Å². The van der Waals surface area contributed by atoms with Gasteiger partial charge in [0.1, 0.15) is 11.2 Å². The van der Waals surface area contributed by atoms with Crippen LogP contribution in [0.3, 0.4) is 0 Å². The van der Waals surface area contributed by atoms with Gasteiger partial charge in [0.2, 0.25) is 6.54 Å². The molecule has 0 unspecified atom stereocenters. The highest BCUT2D eigenvalue weighted by atomic mass is 16.6. The average Bonchev–Trinajstić information content (AvgIpc) is 3.24. The van der Waals surface area contributed by atoms with E-state index in [9.17, 15) is 9.59 Å². The normalized spacial score (nSPS) is 10.9. The van der Waals surface area contributed by atoms with Crippen molar-refractivity contribution in [3.63, 3.8) is 0 Å². The Morgan fingerprint density at radius 2 is 0.875 bits per heavy atom. The Labute approximate surface area is 388 Å². The van der Waals surface area contributed by atoms with Gasteiger partial charge in [-0.05, 0) is 119 Å². The fourth-order valence-corrected chi connectivity index (χ4v) is 5.99. The number of carbonyl (C=O) groups excluding carboxylic acids is 2. The lowest BCUT2D eigenvalue weighted by atomic mass is 10.2. The smallest absolute Gasteiger partial charge is 0.407 e. The van der Waals surface area contributed by atoms with E-state index in [0.29, 0.717) is 65.1 Å². The Balaban J connectivity index is -0.00000117. The molecule has 0 aromatic rings. The maximum absolute atomic E-state index is 11.7. The molecule has 64 heavy (non-hydrogen) atoms. The van der Waals surface area contributed by atoms with Crippen LogP contribution in [0.2, 0.25) is 0 Å². The molecule has 0 bridgehead atoms. The van der Waals surface area contributed by atoms with Crippen LogP contribution in [0, 0.1) is 51.9 Å². The minimum Gasteiger partial charge on any atom is -0.444 e. The van der Waals surface area contributed by atoms with Gasteiger partial charge in [-0.25, -0.2) is 16.2 Å². The van der Waals surface area contributed by atoms with Gasteiger partial charge in [0, 0.05) is 84.2 Å². The molecule has 0 atom stereocenters. The predicted molar refractivity (Wildman–Crippen MR) is 256 cm³/mol. The number of nitriles is 4. The highest BCUT2D eigenvalue weighted by Gasteiger charge is 2.17. The molecular formula is C47H87N13O4. The van der Waals surface area contributed by atoms with Gasteiger partial charge in [-0.1, -0.05) is 32.3 Å². The predicted octanol–water partition coefficient (Wildman–Crippen LogP) is 6.40. The summed E-state index contributed by atoms with van der Waals surface area (Å²) in [5.74, 6) is 0. The van der Waals surface area contributed by atoms with Gasteiger partial charge < -0.3 is 51.1 Å². The van der Waals surface area contributed by atoms with Gasteiger partial charge in [0.15, 0.2) is 0 Å². The van der Waals surface area contributed by atoms with E-state index in [1.807, 2.05) is 41.5 Å². The van der Waals surface area contributed by atoms with Gasteiger partial charge in [-0.2, -0.15) is 21.0 Å². The molecule has 0 aromatic carbocycles. The Morgan fingerprint density at radius 3 is 1.19 bits per heavy atom. The van der Waals surface area contributed by atoms with E-state index in [2.05, 4.69) is 59.9 Å². The third kappa shape index (κ3) is 50.1. The van der Waals surface area contributed by atoms with Gasteiger partial charge in [-0.3, -0.25) is 4.90 Å². The number of nitrogens with zero attached hydrogens (tertiary/aromatic N) is 9. The average molecular weight is 898 g/mol. The zero-order valence-electron chi connectivity index (χ0n) is 40.8. The van der Waals surface area contributed by atoms with Crippen molar-refractivity contribution in [2.75, 3.05) is 111 Å². The first kappa shape index (κ1) is 63.8. The monoisotopic (exact) mass is 898 g/mol. The maximum atomic E-state index is 11.7. The minimum atomic E-state index is -0.494. The zero-order valence-corrected chi connectivity index (χ0v) is 40.8. The van der Waals surface area contributed by atoms with Crippen LogP contribution in [0.4, 0.5) is 9.59 Å². The molecule has 17 nitrogen and oxygen atoms in total. The summed E-state index contributed by atoms with van der Waals surface area (Å²) in [6, 6.07) is 8.26. The fraction of sp³-hybridized carbons (Fsp3) is 0.809. The third-order valence-corrected chi connectivity index (χ3v) is 9.20. The van der Waals surface area contributed by atoms with Crippen molar-refractivity contribution >= 4 is 12.2 Å². The largest absolute Gasteiger partial charge is 0.444 e. The van der Waals surface area contributed by atoms with Crippen LogP contribution in [0.15, 0.2) is 12.7 Å². The molecule has 0 heterocycles. The van der Waals surface area contributed by atoms with Crippen molar-refractivity contribution in [2.24, 2.45) is 11.5 Å². The lowest BCUT2D eigenvalue weighted by Gasteiger charge is -2.29. The summed E-state index contributed by atoms with van der Waals surface area (Å²) >= 11 is 0. The quantitative estimate of drug-likeness (QED) is 0.0310. The number of unbranched alkanes of at least 4 members (excludes halogenated alkanes) is 6. The lowest BCUT2D eigenvalue weighted by Crippen LogP contribution is -2.41. The van der Waals surface area contributed by atoms with E-state index in [1.165, 1.54) is 18.9 Å². The van der Waals surface area contributed by atoms with Crippen LogP contribution in [0.25, 0.3) is 4.85 Å². The second kappa shape index (κ2) is 45.1. The second-order valence-electron chi connectivity index (χ2n) is 17.3. The number of allylic oxidation sites excluding steroid dienone is 1. The number of hydrogen-bond acceptors (Lipinski definition) is 14. The zero-order chi connectivity index (χ0) is 48.7. The third-order valence-electron chi connectivity index (χ3n) is 9.20. The van der Waals surface area contributed by atoms with Crippen molar-refractivity contribution in [3.8, 4) is 24.3 Å². The first-order valence-electron chi connectivity index (χ1n) is 23.2. The number of hydrogen-bond donors (Lipinski definition) is 4. The molecule has 0 fully saturated rings. The van der Waals surface area contributed by atoms with Gasteiger partial charge in [-0.15, -0.1) is 0 Å². The van der Waals surface area contributed by atoms with Crippen molar-refractivity contribution in [2.45, 2.75) is 136 Å². The number of ether oxygens (including phenoxy) is 2. The molecule has 2 amide bonds. The van der Waals surface area contributed by atoms with E-state index in [0.717, 1.165) is 117 Å². The standard InChI is InChI=1S/C27H46N8O2.C17H38N4O2.C3H3N/c1-27(2,3)37-26(36)32-15-7-5-6-8-17-35(24-22-33(18-9-12-28)19-10-13-29)25-23-34(20-11-14-30)21-16-31-4;1-17(2,3)23-16(22)20-12-6-4-5-7-13-21(14-8-10-18)15-9-11-19;1-2-3-4/h5-11,15-25H2,1-3H3,(H,32,36);4-15,18-19H2,1-3H3,(H,20,22);2H,1H2. The van der Waals surface area contributed by atoms with Crippen LogP contribution >= 0.6 is 0 Å². The number of nitrogens with two attached hydrogens (primary N) is 2. The second-order valence-corrected chi connectivity index (χ2v) is 17.3. The fourth-order valence-electron chi connectivity index (χ4n) is 5.99. The SMILES string of the molecule is C=CC#N.CC(C)(C)OC(=O)NCCCCCCN(CCCN)CCCN.[C-]#[N+]CCN(CCC#N)CCN(CCCCCCNC(=O)OC(C)(C)C)CCN(CCC#N)CCC#N. The van der Waals surface area contributed by atoms with E-state index in [1.54, 1.807) is 6.07 Å². The first-order valence-corrected chi connectivity index (χ1v) is 23.2. The Morgan fingerprint density at radius 1 is 0.562 bits per heavy atom. The molecule has 0 spiro atoms. The molecule has 0 saturated heterocycles. The molecule has 364 valence electrons. The van der Waals surface area contributed by atoms with Crippen LogP contribution in [-0.4, -0.2) is 154 Å². The molecule has 0 radical (unpaired) electrons. The van der Waals surface area contributed by atoms with Crippen molar-refractivity contribution < 1.29 is 19.1 Å². The van der Waals surface area contributed by atoms with Gasteiger partial charge >= 0.3 is 12.2 Å².